The highest BCUT2D eigenvalue weighted by molar-refractivity contribution is 5.87. The fraction of sp³-hybridized carbons (Fsp3) is 0.529. The second-order valence-electron chi connectivity index (χ2n) is 6.56. The van der Waals surface area contributed by atoms with E-state index >= 15 is 0 Å². The molecule has 2 aromatic rings. The van der Waals surface area contributed by atoms with Crippen molar-refractivity contribution in [3.63, 3.8) is 0 Å². The van der Waals surface area contributed by atoms with E-state index in [1.165, 1.54) is 43.1 Å². The van der Waals surface area contributed by atoms with Crippen LogP contribution in [0.2, 0.25) is 0 Å². The van der Waals surface area contributed by atoms with Crippen LogP contribution in [-0.4, -0.2) is 23.1 Å². The summed E-state index contributed by atoms with van der Waals surface area (Å²) in [5, 5.41) is 1.51. The molecular formula is C17H22N2. The van der Waals surface area contributed by atoms with E-state index in [-0.39, 0.29) is 0 Å². The van der Waals surface area contributed by atoms with Crippen molar-refractivity contribution in [2.45, 2.75) is 37.6 Å². The summed E-state index contributed by atoms with van der Waals surface area (Å²) < 4.78 is 2.43. The number of para-hydroxylation sites is 1. The summed E-state index contributed by atoms with van der Waals surface area (Å²) in [7, 11) is 4.52. The molecule has 0 amide bonds. The first-order valence-corrected chi connectivity index (χ1v) is 7.47. The quantitative estimate of drug-likeness (QED) is 0.699. The third kappa shape index (κ3) is 1.47. The molecule has 2 heterocycles. The number of rotatable bonds is 0. The molecule has 1 aromatic heterocycles. The molecule has 2 heteroatoms. The van der Waals surface area contributed by atoms with Gasteiger partial charge in [0, 0.05) is 42.1 Å². The number of benzene rings is 1. The van der Waals surface area contributed by atoms with Crippen LogP contribution in [0, 0.1) is 0 Å². The molecule has 1 aliphatic carbocycles. The lowest BCUT2D eigenvalue weighted by Crippen LogP contribution is -2.42. The maximum Gasteiger partial charge on any atom is 0.0483 e. The summed E-state index contributed by atoms with van der Waals surface area (Å²) in [6.45, 7) is 2.34. The van der Waals surface area contributed by atoms with E-state index in [9.17, 15) is 0 Å². The standard InChI is InChI=1S/C17H22N2/c1-18-11-15-16(17(12-18)9-5-6-10-17)13-7-3-4-8-14(13)19(15)2/h3-4,7-8H,5-6,9-12H2,1-2H3. The third-order valence-corrected chi connectivity index (χ3v) is 5.31. The Morgan fingerprint density at radius 1 is 1.05 bits per heavy atom. The van der Waals surface area contributed by atoms with E-state index in [1.807, 2.05) is 0 Å². The summed E-state index contributed by atoms with van der Waals surface area (Å²) >= 11 is 0. The summed E-state index contributed by atoms with van der Waals surface area (Å²) in [6.07, 6.45) is 5.55. The van der Waals surface area contributed by atoms with Gasteiger partial charge in [0.25, 0.3) is 0 Å². The average Bonchev–Trinajstić information content (AvgIpc) is 2.96. The van der Waals surface area contributed by atoms with E-state index in [2.05, 4.69) is 47.8 Å². The van der Waals surface area contributed by atoms with Crippen molar-refractivity contribution in [1.29, 1.82) is 0 Å². The fourth-order valence-electron chi connectivity index (χ4n) is 4.59. The molecule has 2 nitrogen and oxygen atoms in total. The average molecular weight is 254 g/mol. The smallest absolute Gasteiger partial charge is 0.0483 e. The molecule has 19 heavy (non-hydrogen) atoms. The van der Waals surface area contributed by atoms with Gasteiger partial charge in [-0.25, -0.2) is 0 Å². The minimum absolute atomic E-state index is 0.434. The lowest BCUT2D eigenvalue weighted by Gasteiger charge is -2.39. The second kappa shape index (κ2) is 3.86. The number of nitrogens with zero attached hydrogens (tertiary/aromatic N) is 2. The van der Waals surface area contributed by atoms with Crippen molar-refractivity contribution in [2.24, 2.45) is 7.05 Å². The van der Waals surface area contributed by atoms with Crippen LogP contribution in [0.5, 0.6) is 0 Å². The van der Waals surface area contributed by atoms with Crippen LogP contribution in [-0.2, 0) is 19.0 Å². The lowest BCUT2D eigenvalue weighted by molar-refractivity contribution is 0.209. The Bertz CT molecular complexity index is 632. The summed E-state index contributed by atoms with van der Waals surface area (Å²) in [5.41, 5.74) is 5.08. The van der Waals surface area contributed by atoms with Crippen molar-refractivity contribution in [3.05, 3.63) is 35.5 Å². The Morgan fingerprint density at radius 2 is 1.79 bits per heavy atom. The zero-order valence-electron chi connectivity index (χ0n) is 11.9. The van der Waals surface area contributed by atoms with Crippen LogP contribution in [0.25, 0.3) is 10.9 Å². The second-order valence-corrected chi connectivity index (χ2v) is 6.56. The van der Waals surface area contributed by atoms with E-state index in [1.54, 1.807) is 11.3 Å². The van der Waals surface area contributed by atoms with Crippen LogP contribution < -0.4 is 0 Å². The largest absolute Gasteiger partial charge is 0.346 e. The Labute approximate surface area is 115 Å². The van der Waals surface area contributed by atoms with Crippen LogP contribution in [0.3, 0.4) is 0 Å². The molecule has 4 rings (SSSR count). The zero-order valence-corrected chi connectivity index (χ0v) is 11.9. The normalized spacial score (nSPS) is 22.2. The van der Waals surface area contributed by atoms with Gasteiger partial charge in [-0.2, -0.15) is 0 Å². The highest BCUT2D eigenvalue weighted by Crippen LogP contribution is 2.49. The molecule has 0 radical (unpaired) electrons. The predicted octanol–water partition coefficient (Wildman–Crippen LogP) is 3.44. The van der Waals surface area contributed by atoms with Gasteiger partial charge in [-0.1, -0.05) is 31.0 Å². The monoisotopic (exact) mass is 254 g/mol. The number of aryl methyl sites for hydroxylation is 1. The maximum absolute atomic E-state index is 2.52. The Kier molecular flexibility index (Phi) is 2.34. The van der Waals surface area contributed by atoms with Crippen molar-refractivity contribution >= 4 is 10.9 Å². The van der Waals surface area contributed by atoms with Crippen LogP contribution >= 0.6 is 0 Å². The van der Waals surface area contributed by atoms with E-state index in [0.29, 0.717) is 5.41 Å². The van der Waals surface area contributed by atoms with Gasteiger partial charge in [-0.3, -0.25) is 4.90 Å². The third-order valence-electron chi connectivity index (χ3n) is 5.31. The van der Waals surface area contributed by atoms with Gasteiger partial charge < -0.3 is 4.57 Å². The molecule has 0 unspecified atom stereocenters. The zero-order chi connectivity index (χ0) is 13.0. The first-order chi connectivity index (χ1) is 9.21. The molecule has 1 aliphatic heterocycles. The number of fused-ring (bicyclic) bond motifs is 4. The highest BCUT2D eigenvalue weighted by Gasteiger charge is 2.43. The van der Waals surface area contributed by atoms with Gasteiger partial charge >= 0.3 is 0 Å². The molecule has 1 fully saturated rings. The van der Waals surface area contributed by atoms with Crippen molar-refractivity contribution < 1.29 is 0 Å². The van der Waals surface area contributed by atoms with Gasteiger partial charge in [-0.15, -0.1) is 0 Å². The molecule has 0 N–H and O–H groups in total. The number of hydrogen-bond donors (Lipinski definition) is 0. The molecule has 1 aromatic carbocycles. The van der Waals surface area contributed by atoms with Crippen LogP contribution in [0.4, 0.5) is 0 Å². The van der Waals surface area contributed by atoms with Crippen molar-refractivity contribution in [1.82, 2.24) is 9.47 Å². The van der Waals surface area contributed by atoms with Crippen LogP contribution in [0.15, 0.2) is 24.3 Å². The lowest BCUT2D eigenvalue weighted by atomic mass is 9.75. The summed E-state index contributed by atoms with van der Waals surface area (Å²) in [5.74, 6) is 0. The molecule has 0 atom stereocenters. The number of likely N-dealkylation sites (N-methyl/N-ethyl adjacent to an activating group) is 1. The first-order valence-electron chi connectivity index (χ1n) is 7.47. The summed E-state index contributed by atoms with van der Waals surface area (Å²) in [6, 6.07) is 8.97. The SMILES string of the molecule is CN1Cc2c(c3ccccc3n2C)C2(CCCC2)C1. The van der Waals surface area contributed by atoms with Crippen LogP contribution in [0.1, 0.15) is 36.9 Å². The van der Waals surface area contributed by atoms with Gasteiger partial charge in [0.15, 0.2) is 0 Å². The maximum atomic E-state index is 2.52. The van der Waals surface area contributed by atoms with E-state index in [0.717, 1.165) is 6.54 Å². The Morgan fingerprint density at radius 3 is 2.58 bits per heavy atom. The summed E-state index contributed by atoms with van der Waals surface area (Å²) in [4.78, 5) is 2.52. The predicted molar refractivity (Wildman–Crippen MR) is 79.4 cm³/mol. The number of aromatic nitrogens is 1. The van der Waals surface area contributed by atoms with Gasteiger partial charge in [0.05, 0.1) is 0 Å². The van der Waals surface area contributed by atoms with Gasteiger partial charge in [0.2, 0.25) is 0 Å². The molecule has 0 saturated heterocycles. The van der Waals surface area contributed by atoms with Crippen molar-refractivity contribution in [3.8, 4) is 0 Å². The van der Waals surface area contributed by atoms with E-state index < -0.39 is 0 Å². The minimum atomic E-state index is 0.434. The molecule has 1 spiro atoms. The first kappa shape index (κ1) is 11.5. The number of hydrogen-bond acceptors (Lipinski definition) is 1. The Hall–Kier alpha value is -1.28. The molecule has 0 bridgehead atoms. The topological polar surface area (TPSA) is 8.17 Å². The van der Waals surface area contributed by atoms with Gasteiger partial charge in [-0.05, 0) is 31.5 Å². The van der Waals surface area contributed by atoms with E-state index in [4.69, 9.17) is 0 Å². The fourth-order valence-corrected chi connectivity index (χ4v) is 4.59. The van der Waals surface area contributed by atoms with Crippen molar-refractivity contribution in [2.75, 3.05) is 13.6 Å². The Balaban J connectivity index is 2.06. The molecule has 100 valence electrons. The molecular weight excluding hydrogens is 232 g/mol. The minimum Gasteiger partial charge on any atom is -0.346 e. The van der Waals surface area contributed by atoms with Gasteiger partial charge in [0.1, 0.15) is 0 Å². The molecule has 1 saturated carbocycles. The highest BCUT2D eigenvalue weighted by atomic mass is 15.1. The molecule has 2 aliphatic rings.